The highest BCUT2D eigenvalue weighted by Gasteiger charge is 2.29. The van der Waals surface area contributed by atoms with Crippen LogP contribution < -0.4 is 11.1 Å². The van der Waals surface area contributed by atoms with Crippen LogP contribution in [-0.4, -0.2) is 33.5 Å². The molecule has 1 amide bonds. The number of carbonyl (C=O) groups is 1. The van der Waals surface area contributed by atoms with E-state index in [1.54, 1.807) is 13.8 Å². The fraction of sp³-hybridized carbons (Fsp3) is 0.588. The first-order valence-corrected chi connectivity index (χ1v) is 8.52. The van der Waals surface area contributed by atoms with Crippen LogP contribution in [0.25, 0.3) is 0 Å². The molecule has 0 saturated carbocycles. The topological polar surface area (TPSA) is 151 Å². The molecule has 10 heteroatoms. The Bertz CT molecular complexity index is 721. The van der Waals surface area contributed by atoms with Gasteiger partial charge in [0.25, 0.3) is 11.4 Å². The highest BCUT2D eigenvalue weighted by Crippen LogP contribution is 2.33. The highest BCUT2D eigenvalue weighted by atomic mass is 16.6. The van der Waals surface area contributed by atoms with Crippen LogP contribution in [0.3, 0.4) is 0 Å². The third-order valence-electron chi connectivity index (χ3n) is 4.35. The number of nitro benzene ring substituents is 2. The van der Waals surface area contributed by atoms with Gasteiger partial charge in [0.15, 0.2) is 0 Å². The number of nitrogens with two attached hydrogens (primary N) is 1. The van der Waals surface area contributed by atoms with Gasteiger partial charge >= 0.3 is 0 Å². The molecular formula is C17H26N4O6. The smallest absolute Gasteiger partial charge is 0.299 e. The molecule has 0 aliphatic heterocycles. The number of hydrogen-bond acceptors (Lipinski definition) is 7. The lowest BCUT2D eigenvalue weighted by atomic mass is 9.94. The first kappa shape index (κ1) is 22.3. The van der Waals surface area contributed by atoms with Crippen LogP contribution in [0.2, 0.25) is 0 Å². The second-order valence-electron chi connectivity index (χ2n) is 7.26. The largest absolute Gasteiger partial charge is 0.375 e. The van der Waals surface area contributed by atoms with Crippen molar-refractivity contribution in [3.63, 3.8) is 0 Å². The van der Waals surface area contributed by atoms with E-state index >= 15 is 0 Å². The SMILES string of the molecule is CCC(C)(CCOC(C)(C)CC(N)=O)Nc1ccc([N+](=O)[O-])cc1[N+](=O)[O-]. The number of primary amides is 1. The molecule has 0 radical (unpaired) electrons. The van der Waals surface area contributed by atoms with Crippen molar-refractivity contribution in [3.8, 4) is 0 Å². The van der Waals surface area contributed by atoms with Crippen LogP contribution in [0.5, 0.6) is 0 Å². The van der Waals surface area contributed by atoms with Crippen LogP contribution in [0.1, 0.15) is 47.0 Å². The van der Waals surface area contributed by atoms with Crippen molar-refractivity contribution in [2.75, 3.05) is 11.9 Å². The molecule has 0 aliphatic carbocycles. The van der Waals surface area contributed by atoms with Gasteiger partial charge in [0.1, 0.15) is 5.69 Å². The Morgan fingerprint density at radius 2 is 1.85 bits per heavy atom. The van der Waals surface area contributed by atoms with Gasteiger partial charge in [-0.1, -0.05) is 6.92 Å². The molecular weight excluding hydrogens is 356 g/mol. The summed E-state index contributed by atoms with van der Waals surface area (Å²) in [4.78, 5) is 31.9. The average Bonchev–Trinajstić information content (AvgIpc) is 2.53. The fourth-order valence-corrected chi connectivity index (χ4v) is 2.57. The molecule has 0 aliphatic rings. The van der Waals surface area contributed by atoms with Crippen molar-refractivity contribution in [1.82, 2.24) is 0 Å². The maximum atomic E-state index is 11.3. The third kappa shape index (κ3) is 6.81. The molecule has 0 fully saturated rings. The normalized spacial score (nSPS) is 13.6. The van der Waals surface area contributed by atoms with Crippen LogP contribution in [0.15, 0.2) is 18.2 Å². The second kappa shape index (κ2) is 8.76. The van der Waals surface area contributed by atoms with Gasteiger partial charge in [-0.25, -0.2) is 0 Å². The Kier molecular flexibility index (Phi) is 7.23. The Morgan fingerprint density at radius 1 is 1.22 bits per heavy atom. The lowest BCUT2D eigenvalue weighted by Gasteiger charge is -2.32. The molecule has 10 nitrogen and oxygen atoms in total. The van der Waals surface area contributed by atoms with Gasteiger partial charge in [-0.05, 0) is 39.7 Å². The predicted octanol–water partition coefficient (Wildman–Crippen LogP) is 3.14. The number of nitrogens with zero attached hydrogens (tertiary/aromatic N) is 2. The molecule has 1 atom stereocenters. The standard InChI is InChI=1S/C17H26N4O6/c1-5-17(4,8-9-27-16(2,3)11-15(18)22)19-13-7-6-12(20(23)24)10-14(13)21(25)26/h6-7,10,19H,5,8-9,11H2,1-4H3,(H2,18,22). The molecule has 1 unspecified atom stereocenters. The highest BCUT2D eigenvalue weighted by molar-refractivity contribution is 5.74. The van der Waals surface area contributed by atoms with E-state index in [1.807, 2.05) is 13.8 Å². The van der Waals surface area contributed by atoms with E-state index in [2.05, 4.69) is 5.32 Å². The molecule has 3 N–H and O–H groups in total. The number of carbonyl (C=O) groups excluding carboxylic acids is 1. The maximum absolute atomic E-state index is 11.3. The van der Waals surface area contributed by atoms with Gasteiger partial charge in [-0.15, -0.1) is 0 Å². The summed E-state index contributed by atoms with van der Waals surface area (Å²) in [5, 5.41) is 25.3. The molecule has 27 heavy (non-hydrogen) atoms. The second-order valence-corrected chi connectivity index (χ2v) is 7.26. The Balaban J connectivity index is 2.91. The van der Waals surface area contributed by atoms with Crippen molar-refractivity contribution in [2.45, 2.75) is 58.1 Å². The zero-order chi connectivity index (χ0) is 20.8. The molecule has 1 aromatic rings. The minimum Gasteiger partial charge on any atom is -0.375 e. The van der Waals surface area contributed by atoms with E-state index in [0.717, 1.165) is 6.07 Å². The predicted molar refractivity (Wildman–Crippen MR) is 101 cm³/mol. The van der Waals surface area contributed by atoms with Gasteiger partial charge < -0.3 is 15.8 Å². The molecule has 1 aromatic carbocycles. The third-order valence-corrected chi connectivity index (χ3v) is 4.35. The van der Waals surface area contributed by atoms with E-state index in [4.69, 9.17) is 10.5 Å². The summed E-state index contributed by atoms with van der Waals surface area (Å²) in [7, 11) is 0. The summed E-state index contributed by atoms with van der Waals surface area (Å²) in [5.41, 5.74) is 3.43. The van der Waals surface area contributed by atoms with Gasteiger partial charge in [0.2, 0.25) is 5.91 Å². The van der Waals surface area contributed by atoms with Crippen LogP contribution in [-0.2, 0) is 9.53 Å². The van der Waals surface area contributed by atoms with Crippen molar-refractivity contribution in [3.05, 3.63) is 38.4 Å². The lowest BCUT2D eigenvalue weighted by molar-refractivity contribution is -0.393. The van der Waals surface area contributed by atoms with E-state index in [9.17, 15) is 25.0 Å². The molecule has 150 valence electrons. The molecule has 1 rings (SSSR count). The van der Waals surface area contributed by atoms with Gasteiger partial charge in [0.05, 0.1) is 27.9 Å². The van der Waals surface area contributed by atoms with E-state index < -0.39 is 26.9 Å². The van der Waals surface area contributed by atoms with Crippen molar-refractivity contribution in [1.29, 1.82) is 0 Å². The quantitative estimate of drug-likeness (QED) is 0.440. The number of anilines is 1. The average molecular weight is 382 g/mol. The summed E-state index contributed by atoms with van der Waals surface area (Å²) >= 11 is 0. The minimum absolute atomic E-state index is 0.0804. The van der Waals surface area contributed by atoms with Crippen molar-refractivity contribution in [2.24, 2.45) is 5.73 Å². The number of ether oxygens (including phenoxy) is 1. The molecule has 0 spiro atoms. The Morgan fingerprint density at radius 3 is 2.33 bits per heavy atom. The number of benzene rings is 1. The maximum Gasteiger partial charge on any atom is 0.299 e. The fourth-order valence-electron chi connectivity index (χ4n) is 2.57. The van der Waals surface area contributed by atoms with Crippen LogP contribution in [0, 0.1) is 20.2 Å². The van der Waals surface area contributed by atoms with Gasteiger partial charge in [0, 0.05) is 18.2 Å². The minimum atomic E-state index is -0.708. The molecule has 0 heterocycles. The van der Waals surface area contributed by atoms with Crippen molar-refractivity contribution < 1.29 is 19.4 Å². The lowest BCUT2D eigenvalue weighted by Crippen LogP contribution is -2.38. The van der Waals surface area contributed by atoms with E-state index in [1.165, 1.54) is 12.1 Å². The first-order valence-electron chi connectivity index (χ1n) is 8.52. The summed E-state index contributed by atoms with van der Waals surface area (Å²) in [6.07, 6.45) is 1.21. The van der Waals surface area contributed by atoms with Crippen LogP contribution >= 0.6 is 0 Å². The van der Waals surface area contributed by atoms with E-state index in [-0.39, 0.29) is 23.5 Å². The molecule has 0 bridgehead atoms. The monoisotopic (exact) mass is 382 g/mol. The number of non-ortho nitro benzene ring substituents is 1. The zero-order valence-corrected chi connectivity index (χ0v) is 16.0. The van der Waals surface area contributed by atoms with Crippen molar-refractivity contribution >= 4 is 23.0 Å². The van der Waals surface area contributed by atoms with Gasteiger partial charge in [-0.3, -0.25) is 25.0 Å². The molecule has 0 aromatic heterocycles. The number of nitro groups is 2. The summed E-state index contributed by atoms with van der Waals surface area (Å²) in [6, 6.07) is 3.49. The number of rotatable bonds is 11. The number of nitrogens with one attached hydrogen (secondary N) is 1. The summed E-state index contributed by atoms with van der Waals surface area (Å²) in [5.74, 6) is -0.460. The first-order chi connectivity index (χ1) is 12.4. The molecule has 0 saturated heterocycles. The number of hydrogen-bond donors (Lipinski definition) is 2. The van der Waals surface area contributed by atoms with Crippen LogP contribution in [0.4, 0.5) is 17.1 Å². The summed E-state index contributed by atoms with van der Waals surface area (Å²) < 4.78 is 5.74. The van der Waals surface area contributed by atoms with Gasteiger partial charge in [-0.2, -0.15) is 0 Å². The summed E-state index contributed by atoms with van der Waals surface area (Å²) in [6.45, 7) is 7.62. The zero-order valence-electron chi connectivity index (χ0n) is 16.0. The van der Waals surface area contributed by atoms with E-state index in [0.29, 0.717) is 19.4 Å². The number of amides is 1. The Labute approximate surface area is 157 Å². The Hall–Kier alpha value is -2.75.